The van der Waals surface area contributed by atoms with Gasteiger partial charge in [0.05, 0.1) is 28.1 Å². The summed E-state index contributed by atoms with van der Waals surface area (Å²) in [6.45, 7) is 1.96. The molecule has 0 fully saturated rings. The van der Waals surface area contributed by atoms with Crippen molar-refractivity contribution in [3.63, 3.8) is 0 Å². The summed E-state index contributed by atoms with van der Waals surface area (Å²) in [7, 11) is 1.54. The number of aromatic amines is 1. The third kappa shape index (κ3) is 3.54. The van der Waals surface area contributed by atoms with Crippen molar-refractivity contribution < 1.29 is 14.3 Å². The topological polar surface area (TPSA) is 110 Å². The number of H-pyrrole nitrogens is 1. The van der Waals surface area contributed by atoms with Gasteiger partial charge in [0, 0.05) is 18.4 Å². The highest BCUT2D eigenvalue weighted by Crippen LogP contribution is 2.36. The minimum absolute atomic E-state index is 0.236. The summed E-state index contributed by atoms with van der Waals surface area (Å²) in [4.78, 5) is 32.6. The van der Waals surface area contributed by atoms with Gasteiger partial charge in [-0.3, -0.25) is 4.79 Å². The molecule has 0 atom stereocenters. The van der Waals surface area contributed by atoms with E-state index in [9.17, 15) is 9.59 Å². The molecule has 9 heteroatoms. The van der Waals surface area contributed by atoms with Crippen LogP contribution in [0, 0.1) is 0 Å². The number of nitrogens with two attached hydrogens (primary N) is 1. The van der Waals surface area contributed by atoms with Gasteiger partial charge in [0.1, 0.15) is 5.00 Å². The lowest BCUT2D eigenvalue weighted by atomic mass is 10.1. The zero-order valence-corrected chi connectivity index (χ0v) is 15.9. The van der Waals surface area contributed by atoms with Crippen molar-refractivity contribution in [3.8, 4) is 0 Å². The number of nitrogens with one attached hydrogen (secondary N) is 2. The standard InChI is InChI=1S/C17H18N4O3S2/c1-3-24-16(23)12-9(13(15(22)19-2)26-14(12)18)8-25-17-20-10-6-4-5-7-11(10)21-17/h4-7H,3,8,18H2,1-2H3,(H,19,22)(H,20,21). The van der Waals surface area contributed by atoms with Gasteiger partial charge in [-0.1, -0.05) is 23.9 Å². The molecule has 26 heavy (non-hydrogen) atoms. The molecule has 0 unspecified atom stereocenters. The molecule has 0 aliphatic carbocycles. The quantitative estimate of drug-likeness (QED) is 0.441. The molecule has 2 aromatic heterocycles. The first-order chi connectivity index (χ1) is 12.5. The van der Waals surface area contributed by atoms with E-state index < -0.39 is 5.97 Å². The molecule has 0 spiro atoms. The van der Waals surface area contributed by atoms with Gasteiger partial charge in [-0.05, 0) is 19.1 Å². The van der Waals surface area contributed by atoms with Gasteiger partial charge in [0.25, 0.3) is 5.91 Å². The second kappa shape index (κ2) is 7.79. The molecule has 0 saturated carbocycles. The molecule has 1 amide bonds. The Balaban J connectivity index is 1.93. The zero-order valence-electron chi connectivity index (χ0n) is 14.3. The Bertz CT molecular complexity index is 931. The van der Waals surface area contributed by atoms with E-state index in [1.54, 1.807) is 14.0 Å². The van der Waals surface area contributed by atoms with E-state index >= 15 is 0 Å². The number of nitrogens with zero attached hydrogens (tertiary/aromatic N) is 1. The Morgan fingerprint density at radius 1 is 1.38 bits per heavy atom. The molecular weight excluding hydrogens is 372 g/mol. The summed E-state index contributed by atoms with van der Waals surface area (Å²) in [6.07, 6.45) is 0. The predicted molar refractivity (Wildman–Crippen MR) is 104 cm³/mol. The van der Waals surface area contributed by atoms with E-state index in [-0.39, 0.29) is 23.1 Å². The number of hydrogen-bond donors (Lipinski definition) is 3. The number of hydrogen-bond acceptors (Lipinski definition) is 7. The summed E-state index contributed by atoms with van der Waals surface area (Å²) in [5.41, 5.74) is 8.62. The lowest BCUT2D eigenvalue weighted by molar-refractivity contribution is 0.0527. The summed E-state index contributed by atoms with van der Waals surface area (Å²) in [6, 6.07) is 7.70. The molecule has 0 aliphatic heterocycles. The number of rotatable bonds is 6. The van der Waals surface area contributed by atoms with Crippen LogP contribution in [0.2, 0.25) is 0 Å². The van der Waals surface area contributed by atoms with Crippen molar-refractivity contribution in [3.05, 3.63) is 40.3 Å². The number of benzene rings is 1. The monoisotopic (exact) mass is 390 g/mol. The lowest BCUT2D eigenvalue weighted by Crippen LogP contribution is -2.18. The van der Waals surface area contributed by atoms with Crippen LogP contribution in [0.4, 0.5) is 5.00 Å². The summed E-state index contributed by atoms with van der Waals surface area (Å²) >= 11 is 2.49. The fourth-order valence-electron chi connectivity index (χ4n) is 2.48. The summed E-state index contributed by atoms with van der Waals surface area (Å²) in [5.74, 6) is -0.432. The second-order valence-corrected chi connectivity index (χ2v) is 7.31. The van der Waals surface area contributed by atoms with Gasteiger partial charge in [-0.25, -0.2) is 9.78 Å². The maximum absolute atomic E-state index is 12.3. The Morgan fingerprint density at radius 3 is 2.85 bits per heavy atom. The molecule has 0 radical (unpaired) electrons. The minimum Gasteiger partial charge on any atom is -0.462 e. The van der Waals surface area contributed by atoms with Gasteiger partial charge < -0.3 is 20.8 Å². The average molecular weight is 390 g/mol. The van der Waals surface area contributed by atoms with E-state index in [4.69, 9.17) is 10.5 Å². The van der Waals surface area contributed by atoms with Crippen LogP contribution < -0.4 is 11.1 Å². The molecule has 1 aromatic carbocycles. The van der Waals surface area contributed by atoms with E-state index in [1.165, 1.54) is 11.8 Å². The first kappa shape index (κ1) is 18.3. The molecule has 2 heterocycles. The Labute approximate surface area is 158 Å². The van der Waals surface area contributed by atoms with Gasteiger partial charge in [0.2, 0.25) is 0 Å². The third-order valence-electron chi connectivity index (χ3n) is 3.67. The number of thiophene rings is 1. The number of anilines is 1. The first-order valence-electron chi connectivity index (χ1n) is 7.93. The van der Waals surface area contributed by atoms with E-state index in [2.05, 4.69) is 15.3 Å². The van der Waals surface area contributed by atoms with Gasteiger partial charge in [-0.15, -0.1) is 11.3 Å². The number of fused-ring (bicyclic) bond motifs is 1. The molecule has 4 N–H and O–H groups in total. The highest BCUT2D eigenvalue weighted by Gasteiger charge is 2.26. The summed E-state index contributed by atoms with van der Waals surface area (Å²) < 4.78 is 5.10. The van der Waals surface area contributed by atoms with E-state index in [0.29, 0.717) is 21.3 Å². The number of carbonyl (C=O) groups excluding carboxylic acids is 2. The van der Waals surface area contributed by atoms with Crippen molar-refractivity contribution in [1.82, 2.24) is 15.3 Å². The molecule has 3 rings (SSSR count). The van der Waals surface area contributed by atoms with Crippen molar-refractivity contribution in [2.45, 2.75) is 17.8 Å². The van der Waals surface area contributed by atoms with Crippen LogP contribution in [-0.2, 0) is 10.5 Å². The molecule has 0 saturated heterocycles. The first-order valence-corrected chi connectivity index (χ1v) is 9.73. The van der Waals surface area contributed by atoms with E-state index in [1.807, 2.05) is 24.3 Å². The van der Waals surface area contributed by atoms with Crippen LogP contribution >= 0.6 is 23.1 Å². The largest absolute Gasteiger partial charge is 0.462 e. The highest BCUT2D eigenvalue weighted by atomic mass is 32.2. The second-order valence-electron chi connectivity index (χ2n) is 5.30. The van der Waals surface area contributed by atoms with E-state index in [0.717, 1.165) is 22.4 Å². The van der Waals surface area contributed by atoms with Crippen LogP contribution in [0.3, 0.4) is 0 Å². The molecule has 0 aliphatic rings. The van der Waals surface area contributed by atoms with Crippen LogP contribution in [-0.4, -0.2) is 35.5 Å². The fraction of sp³-hybridized carbons (Fsp3) is 0.235. The Kier molecular flexibility index (Phi) is 5.48. The Hall–Kier alpha value is -2.52. The average Bonchev–Trinajstić information content (AvgIpc) is 3.19. The van der Waals surface area contributed by atoms with Crippen molar-refractivity contribution in [1.29, 1.82) is 0 Å². The molecule has 136 valence electrons. The molecular formula is C17H18N4O3S2. The van der Waals surface area contributed by atoms with Crippen molar-refractivity contribution >= 4 is 51.0 Å². The minimum atomic E-state index is -0.517. The summed E-state index contributed by atoms with van der Waals surface area (Å²) in [5, 5.41) is 3.57. The maximum Gasteiger partial charge on any atom is 0.341 e. The maximum atomic E-state index is 12.3. The van der Waals surface area contributed by atoms with Gasteiger partial charge in [0.15, 0.2) is 5.16 Å². The number of nitrogen functional groups attached to an aromatic ring is 1. The zero-order chi connectivity index (χ0) is 18.7. The fourth-order valence-corrected chi connectivity index (χ4v) is 4.51. The number of ether oxygens (including phenoxy) is 1. The smallest absolute Gasteiger partial charge is 0.341 e. The lowest BCUT2D eigenvalue weighted by Gasteiger charge is -2.06. The van der Waals surface area contributed by atoms with Gasteiger partial charge in [-0.2, -0.15) is 0 Å². The normalized spacial score (nSPS) is 10.8. The van der Waals surface area contributed by atoms with Crippen LogP contribution in [0.25, 0.3) is 11.0 Å². The van der Waals surface area contributed by atoms with Crippen LogP contribution in [0.15, 0.2) is 29.4 Å². The number of imidazole rings is 1. The van der Waals surface area contributed by atoms with Crippen LogP contribution in [0.5, 0.6) is 0 Å². The number of carbonyl (C=O) groups is 2. The number of amides is 1. The van der Waals surface area contributed by atoms with Crippen molar-refractivity contribution in [2.24, 2.45) is 0 Å². The number of esters is 1. The predicted octanol–water partition coefficient (Wildman–Crippen LogP) is 3.04. The van der Waals surface area contributed by atoms with Gasteiger partial charge >= 0.3 is 5.97 Å². The Morgan fingerprint density at radius 2 is 2.15 bits per heavy atom. The third-order valence-corrected chi connectivity index (χ3v) is 5.63. The molecule has 0 bridgehead atoms. The molecule has 3 aromatic rings. The highest BCUT2D eigenvalue weighted by molar-refractivity contribution is 7.98. The number of aromatic nitrogens is 2. The molecule has 7 nitrogen and oxygen atoms in total. The SMILES string of the molecule is CCOC(=O)c1c(N)sc(C(=O)NC)c1CSc1nc2ccccc2[nH]1. The number of para-hydroxylation sites is 2. The van der Waals surface area contributed by atoms with Crippen molar-refractivity contribution in [2.75, 3.05) is 19.4 Å². The van der Waals surface area contributed by atoms with Crippen LogP contribution in [0.1, 0.15) is 32.5 Å². The number of thioether (sulfide) groups is 1.